The number of aryl methyl sites for hydroxylation is 1. The molecule has 7 aromatic carbocycles. The highest BCUT2D eigenvalue weighted by Gasteiger charge is 2.39. The highest BCUT2D eigenvalue weighted by molar-refractivity contribution is 7.89. The Kier molecular flexibility index (Phi) is 15.3. The molecule has 8 rings (SSSR count). The van der Waals surface area contributed by atoms with Crippen LogP contribution in [0.25, 0.3) is 11.1 Å². The van der Waals surface area contributed by atoms with Crippen molar-refractivity contribution in [1.29, 1.82) is 0 Å². The number of benzene rings is 7. The summed E-state index contributed by atoms with van der Waals surface area (Å²) in [6, 6.07) is 60.0. The number of sulfonamides is 1. The molecule has 0 bridgehead atoms. The lowest BCUT2D eigenvalue weighted by atomic mass is 9.89. The van der Waals surface area contributed by atoms with Crippen LogP contribution in [0.3, 0.4) is 0 Å². The molecule has 9 nitrogen and oxygen atoms in total. The first-order valence-corrected chi connectivity index (χ1v) is 24.0. The Bertz CT molecular complexity index is 2700. The van der Waals surface area contributed by atoms with Gasteiger partial charge in [0, 0.05) is 37.7 Å². The van der Waals surface area contributed by atoms with Gasteiger partial charge in [0.2, 0.25) is 15.9 Å². The highest BCUT2D eigenvalue weighted by atomic mass is 32.2. The Morgan fingerprint density at radius 3 is 1.82 bits per heavy atom. The number of carbonyl (C=O) groups is 1. The first-order chi connectivity index (χ1) is 32.1. The van der Waals surface area contributed by atoms with Crippen LogP contribution in [0, 0.1) is 12.8 Å². The molecule has 3 N–H and O–H groups in total. The molecule has 1 aliphatic rings. The summed E-state index contributed by atoms with van der Waals surface area (Å²) in [6.45, 7) is 6.43. The Balaban J connectivity index is 1.02. The Hall–Kier alpha value is -6.24. The minimum atomic E-state index is -3.99. The van der Waals surface area contributed by atoms with Gasteiger partial charge in [-0.15, -0.1) is 0 Å². The molecule has 0 spiro atoms. The number of hydrogen-bond acceptors (Lipinski definition) is 7. The number of carbonyl (C=O) groups excluding carboxylic acids is 1. The van der Waals surface area contributed by atoms with Gasteiger partial charge in [-0.3, -0.25) is 9.69 Å². The van der Waals surface area contributed by atoms with E-state index in [1.165, 1.54) is 11.1 Å². The van der Waals surface area contributed by atoms with Crippen LogP contribution in [0.15, 0.2) is 193 Å². The molecule has 1 aliphatic heterocycles. The molecule has 7 aromatic rings. The van der Waals surface area contributed by atoms with Gasteiger partial charge in [0.05, 0.1) is 23.7 Å². The summed E-state index contributed by atoms with van der Waals surface area (Å²) in [7, 11) is -3.99. The van der Waals surface area contributed by atoms with Gasteiger partial charge in [-0.1, -0.05) is 188 Å². The van der Waals surface area contributed by atoms with Crippen molar-refractivity contribution in [3.63, 3.8) is 0 Å². The number of amides is 1. The fourth-order valence-corrected chi connectivity index (χ4v) is 9.74. The highest BCUT2D eigenvalue weighted by Crippen LogP contribution is 2.42. The monoisotopic (exact) mass is 899 g/mol. The molecule has 10 heteroatoms. The van der Waals surface area contributed by atoms with Gasteiger partial charge in [-0.25, -0.2) is 8.42 Å². The normalized spacial score (nSPS) is 17.9. The van der Waals surface area contributed by atoms with Gasteiger partial charge >= 0.3 is 0 Å². The first-order valence-electron chi connectivity index (χ1n) is 22.5. The number of aliphatic hydroxyl groups excluding tert-OH is 1. The molecule has 0 aliphatic carbocycles. The second kappa shape index (κ2) is 21.8. The molecule has 1 amide bonds. The molecule has 0 radical (unpaired) electrons. The van der Waals surface area contributed by atoms with Gasteiger partial charge < -0.3 is 19.9 Å². The molecular weight excluding hydrogens is 843 g/mol. The van der Waals surface area contributed by atoms with Crippen molar-refractivity contribution in [2.75, 3.05) is 6.54 Å². The number of rotatable bonds is 18. The van der Waals surface area contributed by atoms with Crippen LogP contribution in [-0.2, 0) is 57.0 Å². The van der Waals surface area contributed by atoms with E-state index in [4.69, 9.17) is 9.47 Å². The van der Waals surface area contributed by atoms with Gasteiger partial charge in [0.1, 0.15) is 6.04 Å². The fourth-order valence-electron chi connectivity index (χ4n) is 8.54. The van der Waals surface area contributed by atoms with E-state index in [1.807, 2.05) is 122 Å². The maximum atomic E-state index is 13.9. The van der Waals surface area contributed by atoms with E-state index in [1.54, 1.807) is 24.3 Å². The molecule has 1 fully saturated rings. The average Bonchev–Trinajstić information content (AvgIpc) is 3.35. The quantitative estimate of drug-likeness (QED) is 0.0786. The van der Waals surface area contributed by atoms with Crippen molar-refractivity contribution >= 4 is 15.9 Å². The zero-order valence-corrected chi connectivity index (χ0v) is 38.2. The zero-order chi connectivity index (χ0) is 45.9. The summed E-state index contributed by atoms with van der Waals surface area (Å²) in [5.74, 6) is -0.427. The summed E-state index contributed by atoms with van der Waals surface area (Å²) < 4.78 is 43.5. The minimum absolute atomic E-state index is 0.00170. The van der Waals surface area contributed by atoms with Crippen molar-refractivity contribution in [2.24, 2.45) is 5.92 Å². The molecule has 1 heterocycles. The van der Waals surface area contributed by atoms with E-state index in [0.717, 1.165) is 57.6 Å². The molecule has 0 unspecified atom stereocenters. The minimum Gasteiger partial charge on any atom is -0.392 e. The summed E-state index contributed by atoms with van der Waals surface area (Å²) in [4.78, 5) is 16.5. The number of nitrogens with one attached hydrogen (secondary N) is 2. The molecule has 66 heavy (non-hydrogen) atoms. The van der Waals surface area contributed by atoms with Crippen molar-refractivity contribution in [3.8, 4) is 11.1 Å². The van der Waals surface area contributed by atoms with Gasteiger partial charge in [-0.05, 0) is 70.0 Å². The molecule has 0 saturated carbocycles. The van der Waals surface area contributed by atoms with Crippen molar-refractivity contribution in [3.05, 3.63) is 233 Å². The third-order valence-electron chi connectivity index (χ3n) is 12.3. The SMILES string of the molecule is Cc1ccc(S(=O)(=O)N[C@H](Cc2ccccc2)C(=O)NCc2ccccc2-c2ccc([C@H]3O[C@@H](CN(Cc4ccccc4)Cc4ccccc4)[C@@H](C)[C@@H](c4ccc(CO)cc4)O3)cc2)cc1. The maximum Gasteiger partial charge on any atom is 0.241 e. The predicted molar refractivity (Wildman–Crippen MR) is 259 cm³/mol. The van der Waals surface area contributed by atoms with Gasteiger partial charge in [0.15, 0.2) is 6.29 Å². The third kappa shape index (κ3) is 12.0. The van der Waals surface area contributed by atoms with Gasteiger partial charge in [0.25, 0.3) is 0 Å². The van der Waals surface area contributed by atoms with Crippen molar-refractivity contribution in [2.45, 2.75) is 75.9 Å². The largest absolute Gasteiger partial charge is 0.392 e. The van der Waals surface area contributed by atoms with Crippen molar-refractivity contribution in [1.82, 2.24) is 14.9 Å². The summed E-state index contributed by atoms with van der Waals surface area (Å²) in [6.07, 6.45) is -0.931. The van der Waals surface area contributed by atoms with E-state index in [0.29, 0.717) is 6.54 Å². The second-order valence-electron chi connectivity index (χ2n) is 17.1. The van der Waals surface area contributed by atoms with Crippen LogP contribution in [0.5, 0.6) is 0 Å². The number of aliphatic hydroxyl groups is 1. The second-order valence-corrected chi connectivity index (χ2v) is 18.9. The fraction of sp³-hybridized carbons (Fsp3) is 0.232. The third-order valence-corrected chi connectivity index (χ3v) is 13.7. The lowest BCUT2D eigenvalue weighted by molar-refractivity contribution is -0.276. The Morgan fingerprint density at radius 1 is 0.652 bits per heavy atom. The van der Waals surface area contributed by atoms with Crippen molar-refractivity contribution < 1.29 is 27.8 Å². The number of nitrogens with zero attached hydrogens (tertiary/aromatic N) is 1. The first kappa shape index (κ1) is 46.3. The van der Waals surface area contributed by atoms with Gasteiger partial charge in [-0.2, -0.15) is 4.72 Å². The van der Waals surface area contributed by atoms with Crippen LogP contribution in [0.1, 0.15) is 63.8 Å². The summed E-state index contributed by atoms with van der Waals surface area (Å²) in [5.41, 5.74) is 9.72. The number of ether oxygens (including phenoxy) is 2. The molecular formula is C56H57N3O6S. The van der Waals surface area contributed by atoms with E-state index in [-0.39, 0.29) is 42.6 Å². The van der Waals surface area contributed by atoms with Crippen LogP contribution >= 0.6 is 0 Å². The number of hydrogen-bond donors (Lipinski definition) is 3. The average molecular weight is 900 g/mol. The van der Waals surface area contributed by atoms with E-state index in [2.05, 4.69) is 70.4 Å². The maximum absolute atomic E-state index is 13.9. The van der Waals surface area contributed by atoms with E-state index >= 15 is 0 Å². The topological polar surface area (TPSA) is 117 Å². The molecule has 338 valence electrons. The zero-order valence-electron chi connectivity index (χ0n) is 37.4. The summed E-state index contributed by atoms with van der Waals surface area (Å²) >= 11 is 0. The predicted octanol–water partition coefficient (Wildman–Crippen LogP) is 9.85. The van der Waals surface area contributed by atoms with E-state index < -0.39 is 28.3 Å². The molecule has 1 saturated heterocycles. The van der Waals surface area contributed by atoms with Crippen LogP contribution in [-0.4, -0.2) is 43.0 Å². The van der Waals surface area contributed by atoms with Crippen LogP contribution in [0.2, 0.25) is 0 Å². The lowest BCUT2D eigenvalue weighted by Gasteiger charge is -2.43. The Labute approximate surface area is 389 Å². The smallest absolute Gasteiger partial charge is 0.241 e. The molecule has 0 aromatic heterocycles. The van der Waals surface area contributed by atoms with Crippen LogP contribution < -0.4 is 10.0 Å². The standard InChI is InChI=1S/C56H57N3O6S/c1-40-22-32-50(33-23-40)66(62,63)58-52(34-42-14-6-3-7-15-42)55(61)57-35-49-20-12-13-21-51(49)46-28-30-48(31-29-46)56-64-53(41(2)54(65-56)47-26-24-45(39-60)25-27-47)38-59(36-43-16-8-4-9-17-43)37-44-18-10-5-11-19-44/h3-33,41,52-54,56,58,60H,34-39H2,1-2H3,(H,57,61)/t41-,52-,53+,54+,56+/m1/s1. The summed E-state index contributed by atoms with van der Waals surface area (Å²) in [5, 5.41) is 12.8. The Morgan fingerprint density at radius 2 is 1.21 bits per heavy atom. The molecule has 5 atom stereocenters. The lowest BCUT2D eigenvalue weighted by Crippen LogP contribution is -2.47. The van der Waals surface area contributed by atoms with E-state index in [9.17, 15) is 18.3 Å². The van der Waals surface area contributed by atoms with Crippen LogP contribution in [0.4, 0.5) is 0 Å².